The number of amides is 1. The van der Waals surface area contributed by atoms with Crippen molar-refractivity contribution in [2.45, 2.75) is 52.4 Å². The van der Waals surface area contributed by atoms with Crippen molar-refractivity contribution in [1.29, 1.82) is 0 Å². The highest BCUT2D eigenvalue weighted by atomic mass is 16.5. The molecule has 0 aliphatic rings. The molecule has 0 spiro atoms. The predicted octanol–water partition coefficient (Wildman–Crippen LogP) is 6.37. The summed E-state index contributed by atoms with van der Waals surface area (Å²) in [6, 6.07) is 15.5. The van der Waals surface area contributed by atoms with Crippen LogP contribution < -0.4 is 10.1 Å². The van der Waals surface area contributed by atoms with Crippen LogP contribution >= 0.6 is 0 Å². The highest BCUT2D eigenvalue weighted by Gasteiger charge is 2.14. The zero-order valence-electron chi connectivity index (χ0n) is 22.9. The quantitative estimate of drug-likeness (QED) is 0.246. The highest BCUT2D eigenvalue weighted by molar-refractivity contribution is 6.04. The SMILES string of the molecule is CCCC(=O)Cc1ccc(-c2cncc(C[C@@H](C)c3cccc(NC(=O)c4cncc(C)c4)c3)n2)cc1OC. The van der Waals surface area contributed by atoms with E-state index in [2.05, 4.69) is 28.3 Å². The van der Waals surface area contributed by atoms with Crippen LogP contribution in [-0.4, -0.2) is 33.8 Å². The molecule has 0 aliphatic heterocycles. The highest BCUT2D eigenvalue weighted by Crippen LogP contribution is 2.28. The van der Waals surface area contributed by atoms with Gasteiger partial charge in [0.25, 0.3) is 5.91 Å². The van der Waals surface area contributed by atoms with E-state index in [0.717, 1.165) is 45.7 Å². The first-order chi connectivity index (χ1) is 18.9. The Morgan fingerprint density at radius 2 is 1.82 bits per heavy atom. The molecule has 7 nitrogen and oxygen atoms in total. The first-order valence-corrected chi connectivity index (χ1v) is 13.2. The summed E-state index contributed by atoms with van der Waals surface area (Å²) in [5.41, 5.74) is 6.65. The number of ether oxygens (including phenoxy) is 1. The number of benzene rings is 2. The third kappa shape index (κ3) is 7.35. The Balaban J connectivity index is 1.47. The second-order valence-corrected chi connectivity index (χ2v) is 9.82. The number of hydrogen-bond acceptors (Lipinski definition) is 6. The molecule has 0 unspecified atom stereocenters. The summed E-state index contributed by atoms with van der Waals surface area (Å²) in [5.74, 6) is 0.840. The molecule has 2 heterocycles. The van der Waals surface area contributed by atoms with E-state index in [-0.39, 0.29) is 17.6 Å². The van der Waals surface area contributed by atoms with Gasteiger partial charge in [0.1, 0.15) is 11.5 Å². The first-order valence-electron chi connectivity index (χ1n) is 13.2. The number of nitrogens with one attached hydrogen (secondary N) is 1. The van der Waals surface area contributed by atoms with Gasteiger partial charge >= 0.3 is 0 Å². The van der Waals surface area contributed by atoms with Gasteiger partial charge < -0.3 is 10.1 Å². The van der Waals surface area contributed by atoms with E-state index < -0.39 is 0 Å². The second kappa shape index (κ2) is 12.9. The number of Topliss-reactive ketones (excluding diaryl/α,β-unsaturated/α-hetero) is 1. The summed E-state index contributed by atoms with van der Waals surface area (Å²) in [7, 11) is 1.62. The minimum atomic E-state index is -0.189. The molecule has 2 aromatic carbocycles. The lowest BCUT2D eigenvalue weighted by molar-refractivity contribution is -0.118. The molecule has 0 radical (unpaired) electrons. The van der Waals surface area contributed by atoms with Gasteiger partial charge in [0.05, 0.1) is 30.3 Å². The molecule has 1 atom stereocenters. The van der Waals surface area contributed by atoms with E-state index in [4.69, 9.17) is 9.72 Å². The number of pyridine rings is 1. The number of anilines is 1. The largest absolute Gasteiger partial charge is 0.496 e. The van der Waals surface area contributed by atoms with Crippen molar-refractivity contribution in [3.63, 3.8) is 0 Å². The Kier molecular flexibility index (Phi) is 9.15. The minimum Gasteiger partial charge on any atom is -0.496 e. The number of nitrogens with zero attached hydrogens (tertiary/aromatic N) is 3. The molecule has 1 amide bonds. The van der Waals surface area contributed by atoms with E-state index in [1.54, 1.807) is 31.9 Å². The summed E-state index contributed by atoms with van der Waals surface area (Å²) in [6.07, 6.45) is 9.25. The van der Waals surface area contributed by atoms with Crippen LogP contribution in [0.4, 0.5) is 5.69 Å². The molecule has 0 fully saturated rings. The number of rotatable bonds is 11. The molecular weight excluding hydrogens is 488 g/mol. The lowest BCUT2D eigenvalue weighted by Crippen LogP contribution is -2.12. The number of carbonyl (C=O) groups excluding carboxylic acids is 2. The van der Waals surface area contributed by atoms with Crippen LogP contribution in [-0.2, 0) is 17.6 Å². The van der Waals surface area contributed by atoms with Crippen LogP contribution in [0.3, 0.4) is 0 Å². The Labute approximate surface area is 229 Å². The van der Waals surface area contributed by atoms with Gasteiger partial charge in [-0.05, 0) is 61.1 Å². The molecule has 2 aromatic heterocycles. The summed E-state index contributed by atoms with van der Waals surface area (Å²) >= 11 is 0. The smallest absolute Gasteiger partial charge is 0.257 e. The molecule has 0 bridgehead atoms. The van der Waals surface area contributed by atoms with Crippen LogP contribution in [0, 0.1) is 6.92 Å². The maximum absolute atomic E-state index is 12.7. The summed E-state index contributed by atoms with van der Waals surface area (Å²) < 4.78 is 5.58. The van der Waals surface area contributed by atoms with Crippen LogP contribution in [0.5, 0.6) is 5.75 Å². The molecule has 0 aliphatic carbocycles. The topological polar surface area (TPSA) is 94.1 Å². The first kappa shape index (κ1) is 27.6. The van der Waals surface area contributed by atoms with Crippen LogP contribution in [0.2, 0.25) is 0 Å². The maximum Gasteiger partial charge on any atom is 0.257 e. The molecule has 39 heavy (non-hydrogen) atoms. The van der Waals surface area contributed by atoms with Crippen LogP contribution in [0.15, 0.2) is 73.3 Å². The van der Waals surface area contributed by atoms with Crippen molar-refractivity contribution in [1.82, 2.24) is 15.0 Å². The van der Waals surface area contributed by atoms with Crippen molar-refractivity contribution in [2.75, 3.05) is 12.4 Å². The van der Waals surface area contributed by atoms with Crippen molar-refractivity contribution >= 4 is 17.4 Å². The second-order valence-electron chi connectivity index (χ2n) is 9.82. The lowest BCUT2D eigenvalue weighted by atomic mass is 9.95. The molecule has 0 saturated carbocycles. The number of methoxy groups -OCH3 is 1. The summed E-state index contributed by atoms with van der Waals surface area (Å²) in [4.78, 5) is 38.2. The molecule has 1 N–H and O–H groups in total. The zero-order valence-corrected chi connectivity index (χ0v) is 22.9. The van der Waals surface area contributed by atoms with Gasteiger partial charge in [0.2, 0.25) is 0 Å². The monoisotopic (exact) mass is 522 g/mol. The van der Waals surface area contributed by atoms with Gasteiger partial charge in [-0.1, -0.05) is 38.1 Å². The van der Waals surface area contributed by atoms with Crippen molar-refractivity contribution in [2.24, 2.45) is 0 Å². The van der Waals surface area contributed by atoms with Crippen molar-refractivity contribution < 1.29 is 14.3 Å². The molecule has 0 saturated heterocycles. The Morgan fingerprint density at radius 3 is 2.59 bits per heavy atom. The summed E-state index contributed by atoms with van der Waals surface area (Å²) in [6.45, 7) is 6.04. The third-order valence-corrected chi connectivity index (χ3v) is 6.55. The lowest BCUT2D eigenvalue weighted by Gasteiger charge is -2.14. The fourth-order valence-electron chi connectivity index (χ4n) is 4.51. The van der Waals surface area contributed by atoms with E-state index in [1.165, 1.54) is 0 Å². The van der Waals surface area contributed by atoms with Crippen molar-refractivity contribution in [3.8, 4) is 17.0 Å². The fourth-order valence-corrected chi connectivity index (χ4v) is 4.51. The van der Waals surface area contributed by atoms with E-state index in [0.29, 0.717) is 30.6 Å². The minimum absolute atomic E-state index is 0.147. The van der Waals surface area contributed by atoms with Gasteiger partial charge in [-0.25, -0.2) is 4.98 Å². The van der Waals surface area contributed by atoms with E-state index in [1.807, 2.05) is 56.3 Å². The van der Waals surface area contributed by atoms with Crippen LogP contribution in [0.1, 0.15) is 65.3 Å². The molecule has 4 aromatic rings. The number of aryl methyl sites for hydroxylation is 1. The van der Waals surface area contributed by atoms with Gasteiger partial charge in [0.15, 0.2) is 0 Å². The van der Waals surface area contributed by atoms with Crippen LogP contribution in [0.25, 0.3) is 11.3 Å². The Hall–Kier alpha value is -4.39. The van der Waals surface area contributed by atoms with Crippen molar-refractivity contribution in [3.05, 3.63) is 101 Å². The molecule has 200 valence electrons. The number of aromatic nitrogens is 3. The Morgan fingerprint density at radius 1 is 1.00 bits per heavy atom. The normalized spacial score (nSPS) is 11.6. The van der Waals surface area contributed by atoms with Gasteiger partial charge in [0, 0.05) is 48.2 Å². The average Bonchev–Trinajstić information content (AvgIpc) is 2.93. The summed E-state index contributed by atoms with van der Waals surface area (Å²) in [5, 5.41) is 2.97. The van der Waals surface area contributed by atoms with Gasteiger partial charge in [-0.15, -0.1) is 0 Å². The Bertz CT molecular complexity index is 1470. The third-order valence-electron chi connectivity index (χ3n) is 6.55. The van der Waals surface area contributed by atoms with E-state index >= 15 is 0 Å². The molecular formula is C32H34N4O3. The zero-order chi connectivity index (χ0) is 27.8. The van der Waals surface area contributed by atoms with E-state index in [9.17, 15) is 9.59 Å². The molecule has 7 heteroatoms. The number of carbonyl (C=O) groups is 2. The standard InChI is InChI=1S/C32H34N4O3/c1-5-7-29(37)15-25-11-10-24(16-31(25)39-4)30-20-34-19-28(35-30)13-22(3)23-8-6-9-27(14-23)36-32(38)26-12-21(2)17-33-18-26/h6,8-12,14,16-20,22H,5,7,13,15H2,1-4H3,(H,36,38)/t22-/m1/s1. The number of hydrogen-bond donors (Lipinski definition) is 1. The molecule has 4 rings (SSSR count). The number of ketones is 1. The maximum atomic E-state index is 12.7. The average molecular weight is 523 g/mol. The fraction of sp³-hybridized carbons (Fsp3) is 0.281. The van der Waals surface area contributed by atoms with Gasteiger partial charge in [-0.3, -0.25) is 19.6 Å². The van der Waals surface area contributed by atoms with Gasteiger partial charge in [-0.2, -0.15) is 0 Å². The predicted molar refractivity (Wildman–Crippen MR) is 153 cm³/mol.